The van der Waals surface area contributed by atoms with E-state index in [0.29, 0.717) is 11.3 Å². The lowest BCUT2D eigenvalue weighted by atomic mass is 10.0. The van der Waals surface area contributed by atoms with E-state index < -0.39 is 0 Å². The van der Waals surface area contributed by atoms with Crippen molar-refractivity contribution in [2.24, 2.45) is 5.11 Å². The van der Waals surface area contributed by atoms with E-state index >= 15 is 0 Å². The molecule has 104 valence electrons. The van der Waals surface area contributed by atoms with Gasteiger partial charge in [-0.05, 0) is 49.8 Å². The van der Waals surface area contributed by atoms with Crippen molar-refractivity contribution in [2.75, 3.05) is 0 Å². The molecule has 1 aromatic rings. The Hall–Kier alpha value is -2.26. The minimum absolute atomic E-state index is 0.0629. The number of rotatable bonds is 3. The summed E-state index contributed by atoms with van der Waals surface area (Å²) in [6.07, 6.45) is 9.62. The number of carbonyl (C=O) groups is 1. The highest BCUT2D eigenvalue weighted by Gasteiger charge is 2.13. The van der Waals surface area contributed by atoms with Gasteiger partial charge in [-0.3, -0.25) is 4.79 Å². The van der Waals surface area contributed by atoms with E-state index in [0.717, 1.165) is 32.1 Å². The summed E-state index contributed by atoms with van der Waals surface area (Å²) < 4.78 is 0. The van der Waals surface area contributed by atoms with Gasteiger partial charge < -0.3 is 5.32 Å². The van der Waals surface area contributed by atoms with Crippen molar-refractivity contribution < 1.29 is 4.79 Å². The fraction of sp³-hybridized carbons (Fsp3) is 0.400. The van der Waals surface area contributed by atoms with Crippen molar-refractivity contribution in [1.82, 2.24) is 5.32 Å². The monoisotopic (exact) mass is 270 g/mol. The first-order valence-corrected chi connectivity index (χ1v) is 6.90. The van der Waals surface area contributed by atoms with Gasteiger partial charge >= 0.3 is 0 Å². The molecule has 1 amide bonds. The van der Waals surface area contributed by atoms with Crippen molar-refractivity contribution in [3.05, 3.63) is 52.4 Å². The maximum Gasteiger partial charge on any atom is 0.251 e. The molecule has 5 nitrogen and oxygen atoms in total. The summed E-state index contributed by atoms with van der Waals surface area (Å²) in [5.41, 5.74) is 9.45. The Kier molecular flexibility index (Phi) is 5.21. The van der Waals surface area contributed by atoms with Gasteiger partial charge in [0.15, 0.2) is 0 Å². The van der Waals surface area contributed by atoms with Gasteiger partial charge in [0.05, 0.1) is 0 Å². The molecule has 0 saturated carbocycles. The molecule has 1 aliphatic rings. The second kappa shape index (κ2) is 7.36. The number of amides is 1. The molecule has 1 aromatic carbocycles. The van der Waals surface area contributed by atoms with Gasteiger partial charge in [0.25, 0.3) is 5.91 Å². The number of hydrogen-bond donors (Lipinski definition) is 1. The van der Waals surface area contributed by atoms with Crippen LogP contribution in [0, 0.1) is 0 Å². The van der Waals surface area contributed by atoms with Crippen LogP contribution in [0.15, 0.2) is 41.5 Å². The summed E-state index contributed by atoms with van der Waals surface area (Å²) in [5.74, 6) is -0.0629. The van der Waals surface area contributed by atoms with Crippen LogP contribution in [0.2, 0.25) is 0 Å². The van der Waals surface area contributed by atoms with Crippen LogP contribution in [0.4, 0.5) is 5.69 Å². The van der Waals surface area contributed by atoms with Gasteiger partial charge in [-0.1, -0.05) is 29.4 Å². The Labute approximate surface area is 118 Å². The van der Waals surface area contributed by atoms with Crippen molar-refractivity contribution in [3.63, 3.8) is 0 Å². The maximum absolute atomic E-state index is 12.1. The van der Waals surface area contributed by atoms with Crippen molar-refractivity contribution in [3.8, 4) is 0 Å². The van der Waals surface area contributed by atoms with Crippen molar-refractivity contribution in [1.29, 1.82) is 0 Å². The average Bonchev–Trinajstić information content (AvgIpc) is 2.43. The minimum Gasteiger partial charge on any atom is -0.349 e. The fourth-order valence-corrected chi connectivity index (χ4v) is 2.30. The van der Waals surface area contributed by atoms with E-state index in [4.69, 9.17) is 5.53 Å². The molecular formula is C15H18N4O. The Morgan fingerprint density at radius 1 is 1.20 bits per heavy atom. The van der Waals surface area contributed by atoms with Crippen LogP contribution in [0.3, 0.4) is 0 Å². The third kappa shape index (κ3) is 4.14. The molecular weight excluding hydrogens is 252 g/mol. The second-order valence-electron chi connectivity index (χ2n) is 4.89. The molecule has 0 fully saturated rings. The smallest absolute Gasteiger partial charge is 0.251 e. The highest BCUT2D eigenvalue weighted by molar-refractivity contribution is 5.94. The van der Waals surface area contributed by atoms with Crippen LogP contribution in [0.1, 0.15) is 42.5 Å². The zero-order valence-electron chi connectivity index (χ0n) is 11.3. The summed E-state index contributed by atoms with van der Waals surface area (Å²) >= 11 is 0. The molecule has 0 saturated heterocycles. The predicted octanol–water partition coefficient (Wildman–Crippen LogP) is 4.25. The number of nitrogens with one attached hydrogen (secondary N) is 1. The predicted molar refractivity (Wildman–Crippen MR) is 78.7 cm³/mol. The number of hydrogen-bond acceptors (Lipinski definition) is 2. The molecule has 1 N–H and O–H groups in total. The zero-order valence-corrected chi connectivity index (χ0v) is 11.3. The van der Waals surface area contributed by atoms with E-state index in [1.165, 1.54) is 0 Å². The van der Waals surface area contributed by atoms with Gasteiger partial charge in [0, 0.05) is 22.2 Å². The van der Waals surface area contributed by atoms with Crippen molar-refractivity contribution in [2.45, 2.75) is 38.1 Å². The third-order valence-electron chi connectivity index (χ3n) is 3.40. The fourth-order valence-electron chi connectivity index (χ4n) is 2.30. The molecule has 0 heterocycles. The topological polar surface area (TPSA) is 77.9 Å². The molecule has 1 aliphatic carbocycles. The lowest BCUT2D eigenvalue weighted by molar-refractivity contribution is 0.0932. The Balaban J connectivity index is 1.96. The molecule has 1 atom stereocenters. The largest absolute Gasteiger partial charge is 0.349 e. The van der Waals surface area contributed by atoms with Gasteiger partial charge in [-0.15, -0.1) is 0 Å². The first-order chi connectivity index (χ1) is 9.79. The van der Waals surface area contributed by atoms with Gasteiger partial charge in [0.2, 0.25) is 0 Å². The molecule has 20 heavy (non-hydrogen) atoms. The van der Waals surface area contributed by atoms with Crippen molar-refractivity contribution >= 4 is 11.6 Å². The Morgan fingerprint density at radius 2 is 1.95 bits per heavy atom. The number of azide groups is 1. The summed E-state index contributed by atoms with van der Waals surface area (Å²) in [4.78, 5) is 14.9. The summed E-state index contributed by atoms with van der Waals surface area (Å²) in [7, 11) is 0. The van der Waals surface area contributed by atoms with E-state index in [-0.39, 0.29) is 11.9 Å². The molecule has 0 aromatic heterocycles. The standard InChI is InChI=1S/C15H18N4O/c16-19-18-14-10-8-12(9-11-14)15(20)17-13-6-4-2-1-3-5-7-13/h1-2,8-11,13H,3-7H2,(H,17,20)/b2-1-. The van der Waals surface area contributed by atoms with E-state index in [2.05, 4.69) is 27.5 Å². The minimum atomic E-state index is -0.0629. The lowest BCUT2D eigenvalue weighted by Gasteiger charge is -2.19. The molecule has 2 rings (SSSR count). The maximum atomic E-state index is 12.1. The summed E-state index contributed by atoms with van der Waals surface area (Å²) in [5, 5.41) is 6.56. The lowest BCUT2D eigenvalue weighted by Crippen LogP contribution is -2.34. The number of allylic oxidation sites excluding steroid dienone is 2. The van der Waals surface area contributed by atoms with E-state index in [9.17, 15) is 4.79 Å². The molecule has 0 aliphatic heterocycles. The third-order valence-corrected chi connectivity index (χ3v) is 3.40. The highest BCUT2D eigenvalue weighted by atomic mass is 16.1. The van der Waals surface area contributed by atoms with Crippen LogP contribution >= 0.6 is 0 Å². The van der Waals surface area contributed by atoms with Gasteiger partial charge in [0.1, 0.15) is 0 Å². The highest BCUT2D eigenvalue weighted by Crippen LogP contribution is 2.15. The summed E-state index contributed by atoms with van der Waals surface area (Å²) in [6.45, 7) is 0. The van der Waals surface area contributed by atoms with E-state index in [1.54, 1.807) is 24.3 Å². The van der Waals surface area contributed by atoms with Crippen LogP contribution in [-0.4, -0.2) is 11.9 Å². The SMILES string of the molecule is [N-]=[N+]=Nc1ccc(C(=O)NC2CC/C=C\CCC2)cc1. The number of carbonyl (C=O) groups excluding carboxylic acids is 1. The molecule has 0 bridgehead atoms. The quantitative estimate of drug-likeness (QED) is 0.379. The zero-order chi connectivity index (χ0) is 14.2. The first-order valence-electron chi connectivity index (χ1n) is 6.90. The Morgan fingerprint density at radius 3 is 2.70 bits per heavy atom. The summed E-state index contributed by atoms with van der Waals surface area (Å²) in [6, 6.07) is 6.90. The van der Waals surface area contributed by atoms with Gasteiger partial charge in [-0.2, -0.15) is 0 Å². The van der Waals surface area contributed by atoms with Gasteiger partial charge in [-0.25, -0.2) is 0 Å². The first kappa shape index (κ1) is 14.2. The second-order valence-corrected chi connectivity index (χ2v) is 4.89. The molecule has 1 unspecified atom stereocenters. The van der Waals surface area contributed by atoms with Crippen LogP contribution < -0.4 is 5.32 Å². The average molecular weight is 270 g/mol. The molecule has 0 spiro atoms. The molecule has 5 heteroatoms. The normalized spacial score (nSPS) is 20.1. The van der Waals surface area contributed by atoms with Crippen LogP contribution in [-0.2, 0) is 0 Å². The molecule has 0 radical (unpaired) electrons. The van der Waals surface area contributed by atoms with Crippen LogP contribution in [0.25, 0.3) is 10.4 Å². The van der Waals surface area contributed by atoms with E-state index in [1.807, 2.05) is 0 Å². The number of benzene rings is 1. The number of nitrogens with zero attached hydrogens (tertiary/aromatic N) is 3. The Bertz CT molecular complexity index is 529. The van der Waals surface area contributed by atoms with Crippen LogP contribution in [0.5, 0.6) is 0 Å².